The Balaban J connectivity index is 2.02. The second-order valence-electron chi connectivity index (χ2n) is 10.3. The SMILES string of the molecule is CCCCCCCCCCCCOC(=O)C1=CNC=C(C(=O)OCCCCCCCCCCCC)C1. The Labute approximate surface area is 221 Å². The van der Waals surface area contributed by atoms with Gasteiger partial charge in [0.2, 0.25) is 0 Å². The van der Waals surface area contributed by atoms with Crippen LogP contribution in [0, 0.1) is 0 Å². The fourth-order valence-electron chi connectivity index (χ4n) is 4.51. The van der Waals surface area contributed by atoms with Crippen LogP contribution < -0.4 is 5.32 Å². The zero-order valence-electron chi connectivity index (χ0n) is 23.6. The van der Waals surface area contributed by atoms with E-state index in [0.717, 1.165) is 25.7 Å². The van der Waals surface area contributed by atoms with Crippen molar-refractivity contribution < 1.29 is 19.1 Å². The molecule has 36 heavy (non-hydrogen) atoms. The quantitative estimate of drug-likeness (QED) is 0.105. The molecule has 0 radical (unpaired) electrons. The summed E-state index contributed by atoms with van der Waals surface area (Å²) in [7, 11) is 0. The molecule has 0 atom stereocenters. The number of carbonyl (C=O) groups is 2. The van der Waals surface area contributed by atoms with E-state index < -0.39 is 0 Å². The molecule has 0 unspecified atom stereocenters. The van der Waals surface area contributed by atoms with Crippen LogP contribution in [0.3, 0.4) is 0 Å². The first-order valence-corrected chi connectivity index (χ1v) is 15.2. The fraction of sp³-hybridized carbons (Fsp3) is 0.806. The van der Waals surface area contributed by atoms with E-state index in [2.05, 4.69) is 19.2 Å². The summed E-state index contributed by atoms with van der Waals surface area (Å²) < 4.78 is 10.9. The number of ether oxygens (including phenoxy) is 2. The molecule has 208 valence electrons. The summed E-state index contributed by atoms with van der Waals surface area (Å²) >= 11 is 0. The van der Waals surface area contributed by atoms with Crippen LogP contribution in [-0.4, -0.2) is 25.2 Å². The normalized spacial score (nSPS) is 13.1. The largest absolute Gasteiger partial charge is 0.462 e. The van der Waals surface area contributed by atoms with Crippen molar-refractivity contribution in [3.05, 3.63) is 23.5 Å². The van der Waals surface area contributed by atoms with Crippen molar-refractivity contribution >= 4 is 11.9 Å². The highest BCUT2D eigenvalue weighted by Crippen LogP contribution is 2.18. The molecule has 0 saturated heterocycles. The molecule has 1 N–H and O–H groups in total. The third-order valence-electron chi connectivity index (χ3n) is 6.88. The Bertz CT molecular complexity index is 574. The number of rotatable bonds is 24. The van der Waals surface area contributed by atoms with Crippen molar-refractivity contribution in [3.63, 3.8) is 0 Å². The highest BCUT2D eigenvalue weighted by Gasteiger charge is 2.21. The molecule has 0 bridgehead atoms. The van der Waals surface area contributed by atoms with Crippen molar-refractivity contribution in [3.8, 4) is 0 Å². The monoisotopic (exact) mass is 505 g/mol. The van der Waals surface area contributed by atoms with Crippen molar-refractivity contribution in [1.82, 2.24) is 5.32 Å². The summed E-state index contributed by atoms with van der Waals surface area (Å²) in [6.45, 7) is 5.38. The van der Waals surface area contributed by atoms with Crippen LogP contribution in [0.5, 0.6) is 0 Å². The minimum atomic E-state index is -0.341. The van der Waals surface area contributed by atoms with Gasteiger partial charge in [0.1, 0.15) is 0 Å². The summed E-state index contributed by atoms with van der Waals surface area (Å²) in [6, 6.07) is 0. The third kappa shape index (κ3) is 17.6. The van der Waals surface area contributed by atoms with Gasteiger partial charge in [0.05, 0.1) is 24.4 Å². The lowest BCUT2D eigenvalue weighted by Crippen LogP contribution is -2.20. The molecular formula is C31H55NO4. The molecule has 5 heteroatoms. The maximum Gasteiger partial charge on any atom is 0.335 e. The van der Waals surface area contributed by atoms with Gasteiger partial charge in [0.15, 0.2) is 0 Å². The number of hydrogen-bond donors (Lipinski definition) is 1. The Morgan fingerprint density at radius 2 is 0.861 bits per heavy atom. The van der Waals surface area contributed by atoms with E-state index in [1.54, 1.807) is 12.4 Å². The zero-order chi connectivity index (χ0) is 26.1. The Hall–Kier alpha value is -1.78. The van der Waals surface area contributed by atoms with Crippen LogP contribution in [0.2, 0.25) is 0 Å². The van der Waals surface area contributed by atoms with Crippen LogP contribution in [-0.2, 0) is 19.1 Å². The number of esters is 2. The summed E-state index contributed by atoms with van der Waals surface area (Å²) in [5.74, 6) is -0.682. The molecule has 1 heterocycles. The first-order valence-electron chi connectivity index (χ1n) is 15.2. The van der Waals surface area contributed by atoms with Crippen LogP contribution in [0.25, 0.3) is 0 Å². The molecule has 0 spiro atoms. The highest BCUT2D eigenvalue weighted by molar-refractivity contribution is 5.95. The van der Waals surface area contributed by atoms with E-state index in [0.29, 0.717) is 24.4 Å². The summed E-state index contributed by atoms with van der Waals surface area (Å²) in [6.07, 6.45) is 28.5. The Kier molecular flexibility index (Phi) is 21.1. The number of carbonyl (C=O) groups excluding carboxylic acids is 2. The second kappa shape index (κ2) is 23.6. The van der Waals surface area contributed by atoms with Gasteiger partial charge in [-0.05, 0) is 12.8 Å². The van der Waals surface area contributed by atoms with Crippen molar-refractivity contribution in [2.45, 2.75) is 149 Å². The average Bonchev–Trinajstić information content (AvgIpc) is 2.90. The smallest absolute Gasteiger partial charge is 0.335 e. The maximum atomic E-state index is 12.4. The molecule has 0 aromatic carbocycles. The molecule has 0 aromatic rings. The van der Waals surface area contributed by atoms with Gasteiger partial charge in [-0.1, -0.05) is 129 Å². The minimum absolute atomic E-state index is 0.265. The lowest BCUT2D eigenvalue weighted by atomic mass is 10.0. The van der Waals surface area contributed by atoms with Gasteiger partial charge >= 0.3 is 11.9 Å². The van der Waals surface area contributed by atoms with E-state index in [9.17, 15) is 9.59 Å². The van der Waals surface area contributed by atoms with Crippen LogP contribution >= 0.6 is 0 Å². The molecule has 1 aliphatic heterocycles. The number of hydrogen-bond acceptors (Lipinski definition) is 5. The summed E-state index contributed by atoms with van der Waals surface area (Å²) in [5, 5.41) is 2.91. The van der Waals surface area contributed by atoms with Crippen molar-refractivity contribution in [1.29, 1.82) is 0 Å². The minimum Gasteiger partial charge on any atom is -0.462 e. The van der Waals surface area contributed by atoms with E-state index in [1.165, 1.54) is 103 Å². The first kappa shape index (κ1) is 32.2. The number of nitrogens with one attached hydrogen (secondary N) is 1. The van der Waals surface area contributed by atoms with Gasteiger partial charge in [-0.25, -0.2) is 9.59 Å². The Morgan fingerprint density at radius 3 is 1.19 bits per heavy atom. The van der Waals surface area contributed by atoms with Crippen LogP contribution in [0.15, 0.2) is 23.5 Å². The lowest BCUT2D eigenvalue weighted by molar-refractivity contribution is -0.139. The zero-order valence-corrected chi connectivity index (χ0v) is 23.6. The predicted molar refractivity (Wildman–Crippen MR) is 150 cm³/mol. The van der Waals surface area contributed by atoms with E-state index in [4.69, 9.17) is 9.47 Å². The van der Waals surface area contributed by atoms with Crippen LogP contribution in [0.1, 0.15) is 149 Å². The predicted octanol–water partition coefficient (Wildman–Crippen LogP) is 8.68. The topological polar surface area (TPSA) is 64.6 Å². The molecule has 0 aromatic heterocycles. The third-order valence-corrected chi connectivity index (χ3v) is 6.88. The summed E-state index contributed by atoms with van der Waals surface area (Å²) in [4.78, 5) is 24.8. The molecule has 0 fully saturated rings. The molecule has 1 aliphatic rings. The van der Waals surface area contributed by atoms with E-state index in [-0.39, 0.29) is 18.4 Å². The van der Waals surface area contributed by atoms with Crippen molar-refractivity contribution in [2.75, 3.05) is 13.2 Å². The van der Waals surface area contributed by atoms with Gasteiger partial charge in [-0.3, -0.25) is 0 Å². The van der Waals surface area contributed by atoms with Gasteiger partial charge in [0.25, 0.3) is 0 Å². The molecule has 5 nitrogen and oxygen atoms in total. The second-order valence-corrected chi connectivity index (χ2v) is 10.3. The molecule has 0 saturated carbocycles. The standard InChI is InChI=1S/C31H55NO4/c1-3-5-7-9-11-13-15-17-19-21-23-35-30(33)28-25-29(27-32-26-28)31(34)36-24-22-20-18-16-14-12-10-8-6-4-2/h26-27,32H,3-25H2,1-2H3. The van der Waals surface area contributed by atoms with Crippen LogP contribution in [0.4, 0.5) is 0 Å². The van der Waals surface area contributed by atoms with E-state index >= 15 is 0 Å². The highest BCUT2D eigenvalue weighted by atomic mass is 16.5. The molecule has 0 aliphatic carbocycles. The number of unbranched alkanes of at least 4 members (excludes halogenated alkanes) is 18. The average molecular weight is 506 g/mol. The summed E-state index contributed by atoms with van der Waals surface area (Å²) in [5.41, 5.74) is 0.964. The van der Waals surface area contributed by atoms with Gasteiger partial charge in [-0.2, -0.15) is 0 Å². The first-order chi connectivity index (χ1) is 17.7. The Morgan fingerprint density at radius 1 is 0.556 bits per heavy atom. The van der Waals surface area contributed by atoms with Gasteiger partial charge < -0.3 is 14.8 Å². The maximum absolute atomic E-state index is 12.4. The van der Waals surface area contributed by atoms with E-state index in [1.807, 2.05) is 0 Å². The fourth-order valence-corrected chi connectivity index (χ4v) is 4.51. The molecule has 1 rings (SSSR count). The van der Waals surface area contributed by atoms with Gasteiger partial charge in [-0.15, -0.1) is 0 Å². The molecular weight excluding hydrogens is 450 g/mol. The molecule has 0 amide bonds. The number of dihydropyridines is 1. The van der Waals surface area contributed by atoms with Gasteiger partial charge in [0, 0.05) is 18.8 Å². The lowest BCUT2D eigenvalue weighted by Gasteiger charge is -2.15. The van der Waals surface area contributed by atoms with Crippen molar-refractivity contribution in [2.24, 2.45) is 0 Å².